The lowest BCUT2D eigenvalue weighted by Gasteiger charge is -2.33. The quantitative estimate of drug-likeness (QED) is 0.268. The van der Waals surface area contributed by atoms with Crippen molar-refractivity contribution < 1.29 is 33.2 Å². The molecule has 202 valence electrons. The summed E-state index contributed by atoms with van der Waals surface area (Å²) in [5.74, 6) is 0.0490. The number of nitrogens with one attached hydrogen (secondary N) is 1. The van der Waals surface area contributed by atoms with Crippen LogP contribution in [0.2, 0.25) is 0 Å². The zero-order valence-corrected chi connectivity index (χ0v) is 22.4. The Morgan fingerprint density at radius 1 is 1.35 bits per heavy atom. The Bertz CT molecular complexity index is 1210. The van der Waals surface area contributed by atoms with Gasteiger partial charge in [0.25, 0.3) is 0 Å². The predicted molar refractivity (Wildman–Crippen MR) is 137 cm³/mol. The molecule has 2 aliphatic rings. The highest BCUT2D eigenvalue weighted by Gasteiger charge is 2.61. The Kier molecular flexibility index (Phi) is 8.34. The number of carbonyl (C=O) groups is 1. The number of anilines is 1. The van der Waals surface area contributed by atoms with Gasteiger partial charge in [-0.3, -0.25) is 9.36 Å². The van der Waals surface area contributed by atoms with Gasteiger partial charge in [-0.1, -0.05) is 18.2 Å². The molecule has 2 aromatic rings. The number of aliphatic hydroxyl groups excluding tert-OH is 1. The normalized spacial score (nSPS) is 27.1. The van der Waals surface area contributed by atoms with E-state index in [0.29, 0.717) is 5.75 Å². The Labute approximate surface area is 219 Å². The van der Waals surface area contributed by atoms with Crippen LogP contribution in [0, 0.1) is 0 Å². The summed E-state index contributed by atoms with van der Waals surface area (Å²) in [6, 6.07) is 9.49. The molecule has 1 aromatic carbocycles. The first-order chi connectivity index (χ1) is 17.5. The molecule has 0 saturated carbocycles. The van der Waals surface area contributed by atoms with Gasteiger partial charge in [0.2, 0.25) is 0 Å². The van der Waals surface area contributed by atoms with Crippen molar-refractivity contribution in [1.29, 1.82) is 0 Å². The summed E-state index contributed by atoms with van der Waals surface area (Å²) in [5, 5.41) is 14.0. The van der Waals surface area contributed by atoms with Crippen molar-refractivity contribution in [2.24, 2.45) is 0 Å². The molecular weight excluding hydrogens is 523 g/mol. The molecule has 2 bridgehead atoms. The number of aromatic nitrogens is 2. The van der Waals surface area contributed by atoms with Crippen LogP contribution in [-0.2, 0) is 41.9 Å². The molecule has 12 nitrogen and oxygen atoms in total. The average molecular weight is 555 g/mol. The van der Waals surface area contributed by atoms with Crippen LogP contribution >= 0.6 is 6.64 Å². The molecule has 2 saturated heterocycles. The van der Waals surface area contributed by atoms with Crippen LogP contribution in [0.25, 0.3) is 0 Å². The molecule has 2 aliphatic heterocycles. The number of benzene rings is 1. The maximum absolute atomic E-state index is 12.4. The molecule has 0 aliphatic carbocycles. The van der Waals surface area contributed by atoms with Gasteiger partial charge in [-0.25, -0.2) is 9.88 Å². The van der Waals surface area contributed by atoms with Crippen molar-refractivity contribution in [2.45, 2.75) is 63.4 Å². The maximum atomic E-state index is 12.4. The van der Waals surface area contributed by atoms with Crippen LogP contribution in [0.1, 0.15) is 20.8 Å². The minimum absolute atomic E-state index is 0.0514. The van der Waals surface area contributed by atoms with Gasteiger partial charge in [0, 0.05) is 6.20 Å². The highest BCUT2D eigenvalue weighted by molar-refractivity contribution is 8.09. The van der Waals surface area contributed by atoms with E-state index in [1.165, 1.54) is 16.8 Å². The van der Waals surface area contributed by atoms with E-state index in [2.05, 4.69) is 10.1 Å². The molecule has 37 heavy (non-hydrogen) atoms. The van der Waals surface area contributed by atoms with Crippen molar-refractivity contribution in [2.75, 3.05) is 18.9 Å². The number of carbonyl (C=O) groups excluding carboxylic acids is 1. The lowest BCUT2D eigenvalue weighted by molar-refractivity contribution is -0.161. The van der Waals surface area contributed by atoms with Crippen molar-refractivity contribution in [3.8, 4) is 5.75 Å². The van der Waals surface area contributed by atoms with E-state index in [1.54, 1.807) is 45.0 Å². The van der Waals surface area contributed by atoms with Crippen LogP contribution in [-0.4, -0.2) is 69.9 Å². The van der Waals surface area contributed by atoms with E-state index >= 15 is 0 Å². The lowest BCUT2D eigenvalue weighted by atomic mass is 10.00. The second kappa shape index (κ2) is 11.2. The predicted octanol–water partition coefficient (Wildman–Crippen LogP) is 0.973. The number of para-hydroxylation sites is 1. The monoisotopic (exact) mass is 554 g/mol. The second-order valence-electron chi connectivity index (χ2n) is 9.24. The molecule has 0 spiro atoms. The second-order valence-corrected chi connectivity index (χ2v) is 12.4. The molecule has 3 heterocycles. The summed E-state index contributed by atoms with van der Waals surface area (Å²) in [5.41, 5.74) is 3.78. The number of nitrogens with two attached hydrogens (primary N) is 1. The van der Waals surface area contributed by atoms with Crippen molar-refractivity contribution in [1.82, 2.24) is 14.6 Å². The Morgan fingerprint density at radius 2 is 2.08 bits per heavy atom. The van der Waals surface area contributed by atoms with Crippen LogP contribution in [0.15, 0.2) is 47.4 Å². The van der Waals surface area contributed by atoms with E-state index in [0.717, 1.165) is 0 Å². The van der Waals surface area contributed by atoms with Gasteiger partial charge < -0.3 is 34.1 Å². The number of aliphatic hydroxyl groups is 1. The van der Waals surface area contributed by atoms with Crippen molar-refractivity contribution in [3.05, 3.63) is 53.1 Å². The average Bonchev–Trinajstić information content (AvgIpc) is 3.29. The zero-order chi connectivity index (χ0) is 26.8. The molecule has 1 unspecified atom stereocenters. The standard InChI is InChI=1S/C23H31N4O8PS/c1-14(2)33-21(29)15(3)26-36(37,35-16-7-5-4-6-8-16)32-13-23-12-31-19(20(23)28)17(34-23)11-27-10-9-18(24)25-22(27)30/h4-10,14-15,17,19-20,28H,11-13H2,1-3H3,(H,26,37)(H2,24,25,30)/t15-,17+,19+,20+,23-,36?/m1/s1. The molecular formula is C23H31N4O8PS. The van der Waals surface area contributed by atoms with Crippen LogP contribution in [0.5, 0.6) is 5.75 Å². The summed E-state index contributed by atoms with van der Waals surface area (Å²) in [7, 11) is 0. The number of rotatable bonds is 11. The van der Waals surface area contributed by atoms with Crippen LogP contribution in [0.3, 0.4) is 0 Å². The lowest BCUT2D eigenvalue weighted by Crippen LogP contribution is -2.46. The van der Waals surface area contributed by atoms with Gasteiger partial charge in [0.05, 0.1) is 25.9 Å². The summed E-state index contributed by atoms with van der Waals surface area (Å²) in [4.78, 5) is 28.3. The number of fused-ring (bicyclic) bond motifs is 2. The van der Waals surface area contributed by atoms with Gasteiger partial charge in [-0.15, -0.1) is 0 Å². The molecule has 6 atom stereocenters. The van der Waals surface area contributed by atoms with E-state index in [1.807, 2.05) is 6.07 Å². The van der Waals surface area contributed by atoms with E-state index in [4.69, 9.17) is 40.8 Å². The van der Waals surface area contributed by atoms with Crippen molar-refractivity contribution >= 4 is 30.2 Å². The topological polar surface area (TPSA) is 156 Å². The van der Waals surface area contributed by atoms with Gasteiger partial charge in [-0.05, 0) is 50.8 Å². The first-order valence-corrected chi connectivity index (χ1v) is 14.4. The molecule has 2 fully saturated rings. The van der Waals surface area contributed by atoms with Gasteiger partial charge >= 0.3 is 18.3 Å². The number of esters is 1. The third-order valence-electron chi connectivity index (χ3n) is 5.90. The van der Waals surface area contributed by atoms with Gasteiger partial charge in [0.1, 0.15) is 41.5 Å². The van der Waals surface area contributed by atoms with Gasteiger partial charge in [0.15, 0.2) is 0 Å². The summed E-state index contributed by atoms with van der Waals surface area (Å²) in [6.07, 6.45) is -1.17. The van der Waals surface area contributed by atoms with E-state index in [9.17, 15) is 14.7 Å². The van der Waals surface area contributed by atoms with Gasteiger partial charge in [-0.2, -0.15) is 4.98 Å². The fourth-order valence-corrected chi connectivity index (χ4v) is 6.54. The fraction of sp³-hybridized carbons (Fsp3) is 0.522. The number of nitrogens with zero attached hydrogens (tertiary/aromatic N) is 2. The molecule has 0 amide bonds. The first kappa shape index (κ1) is 27.6. The third kappa shape index (κ3) is 6.37. The zero-order valence-electron chi connectivity index (χ0n) is 20.7. The summed E-state index contributed by atoms with van der Waals surface area (Å²) in [6.45, 7) is 1.71. The Hall–Kier alpha value is -2.38. The largest absolute Gasteiger partial charge is 0.462 e. The SMILES string of the molecule is CC(C)OC(=O)[C@@H](C)NP(=S)(OC[C@@]12CO[C@@H]([C@H](Cn3ccc(N)nc3=O)O1)[C@@H]2O)Oc1ccccc1. The highest BCUT2D eigenvalue weighted by Crippen LogP contribution is 2.49. The minimum Gasteiger partial charge on any atom is -0.462 e. The smallest absolute Gasteiger partial charge is 0.349 e. The van der Waals surface area contributed by atoms with Crippen molar-refractivity contribution in [3.63, 3.8) is 0 Å². The molecule has 14 heteroatoms. The molecule has 4 rings (SSSR count). The number of hydrogen-bond acceptors (Lipinski definition) is 11. The molecule has 1 aromatic heterocycles. The Balaban J connectivity index is 1.49. The fourth-order valence-electron chi connectivity index (χ4n) is 4.10. The maximum Gasteiger partial charge on any atom is 0.349 e. The molecule has 0 radical (unpaired) electrons. The summed E-state index contributed by atoms with van der Waals surface area (Å²) >= 11 is 5.75. The van der Waals surface area contributed by atoms with E-state index < -0.39 is 48.3 Å². The minimum atomic E-state index is -3.35. The number of hydrogen-bond donors (Lipinski definition) is 3. The molecule has 4 N–H and O–H groups in total. The Morgan fingerprint density at radius 3 is 2.76 bits per heavy atom. The van der Waals surface area contributed by atoms with E-state index in [-0.39, 0.29) is 31.7 Å². The summed E-state index contributed by atoms with van der Waals surface area (Å²) < 4.78 is 30.7. The third-order valence-corrected chi connectivity index (χ3v) is 8.38. The highest BCUT2D eigenvalue weighted by atomic mass is 32.5. The van der Waals surface area contributed by atoms with Crippen LogP contribution in [0.4, 0.5) is 5.82 Å². The first-order valence-electron chi connectivity index (χ1n) is 11.8. The number of ether oxygens (including phenoxy) is 3. The number of nitrogen functional groups attached to an aromatic ring is 1. The van der Waals surface area contributed by atoms with Crippen LogP contribution < -0.4 is 21.0 Å².